The van der Waals surface area contributed by atoms with Gasteiger partial charge in [-0.25, -0.2) is 8.42 Å². The molecule has 1 aliphatic rings. The number of guanidine groups is 1. The summed E-state index contributed by atoms with van der Waals surface area (Å²) < 4.78 is 24.8. The molecule has 2 aromatic rings. The van der Waals surface area contributed by atoms with Gasteiger partial charge in [0.1, 0.15) is 0 Å². The van der Waals surface area contributed by atoms with E-state index in [0.29, 0.717) is 10.9 Å². The third kappa shape index (κ3) is 6.60. The van der Waals surface area contributed by atoms with Crippen LogP contribution in [0, 0.1) is 0 Å². The Morgan fingerprint density at radius 3 is 2.47 bits per heavy atom. The first-order chi connectivity index (χ1) is 14.0. The van der Waals surface area contributed by atoms with Gasteiger partial charge in [0.15, 0.2) is 15.8 Å². The lowest BCUT2D eigenvalue weighted by atomic mass is 10.1. The minimum atomic E-state index is -3.31. The minimum absolute atomic E-state index is 0. The molecule has 0 spiro atoms. The number of nitrogens with zero attached hydrogens (tertiary/aromatic N) is 2. The van der Waals surface area contributed by atoms with Crippen molar-refractivity contribution in [3.8, 4) is 0 Å². The van der Waals surface area contributed by atoms with E-state index in [9.17, 15) is 8.42 Å². The Bertz CT molecular complexity index is 929. The van der Waals surface area contributed by atoms with Crippen LogP contribution in [0.25, 0.3) is 0 Å². The molecule has 8 heteroatoms. The summed E-state index contributed by atoms with van der Waals surface area (Å²) in [6.07, 6.45) is 2.50. The van der Waals surface area contributed by atoms with Gasteiger partial charge < -0.3 is 15.5 Å². The highest BCUT2D eigenvalue weighted by atomic mass is 127. The van der Waals surface area contributed by atoms with Gasteiger partial charge in [0.05, 0.1) is 16.7 Å². The van der Waals surface area contributed by atoms with E-state index in [1.807, 2.05) is 6.07 Å². The molecule has 0 aromatic heterocycles. The predicted octanol–water partition coefficient (Wildman–Crippen LogP) is 3.60. The summed E-state index contributed by atoms with van der Waals surface area (Å²) >= 11 is 0. The molecule has 6 nitrogen and oxygen atoms in total. The SMILES string of the molecule is CN=C(NCCS(=O)(=O)c1ccccc1)NC(C)c1cccc(N2CCCC2)c1.I. The number of halogens is 1. The zero-order valence-electron chi connectivity index (χ0n) is 17.5. The molecular weight excluding hydrogens is 511 g/mol. The van der Waals surface area contributed by atoms with E-state index in [4.69, 9.17) is 0 Å². The maximum atomic E-state index is 12.4. The van der Waals surface area contributed by atoms with Gasteiger partial charge >= 0.3 is 0 Å². The van der Waals surface area contributed by atoms with Gasteiger partial charge in [0.2, 0.25) is 0 Å². The number of aliphatic imine (C=N–C) groups is 1. The van der Waals surface area contributed by atoms with E-state index in [0.717, 1.165) is 13.1 Å². The molecule has 0 radical (unpaired) electrons. The van der Waals surface area contributed by atoms with Crippen molar-refractivity contribution in [2.24, 2.45) is 4.99 Å². The average molecular weight is 542 g/mol. The Hall–Kier alpha value is -1.81. The van der Waals surface area contributed by atoms with Gasteiger partial charge in [-0.15, -0.1) is 24.0 Å². The fraction of sp³-hybridized carbons (Fsp3) is 0.409. The van der Waals surface area contributed by atoms with Crippen molar-refractivity contribution in [3.63, 3.8) is 0 Å². The van der Waals surface area contributed by atoms with Gasteiger partial charge in [-0.2, -0.15) is 0 Å². The zero-order valence-corrected chi connectivity index (χ0v) is 20.7. The second-order valence-electron chi connectivity index (χ2n) is 7.29. The largest absolute Gasteiger partial charge is 0.372 e. The van der Waals surface area contributed by atoms with E-state index in [2.05, 4.69) is 51.7 Å². The van der Waals surface area contributed by atoms with Gasteiger partial charge in [-0.3, -0.25) is 4.99 Å². The topological polar surface area (TPSA) is 73.8 Å². The fourth-order valence-electron chi connectivity index (χ4n) is 3.50. The number of hydrogen-bond acceptors (Lipinski definition) is 4. The van der Waals surface area contributed by atoms with E-state index in [1.165, 1.54) is 24.1 Å². The summed E-state index contributed by atoms with van der Waals surface area (Å²) in [5, 5.41) is 6.47. The molecule has 0 bridgehead atoms. The Morgan fingerprint density at radius 2 is 1.80 bits per heavy atom. The number of nitrogens with one attached hydrogen (secondary N) is 2. The molecule has 0 saturated carbocycles. The molecule has 1 aliphatic heterocycles. The van der Waals surface area contributed by atoms with Crippen LogP contribution in [0.1, 0.15) is 31.4 Å². The lowest BCUT2D eigenvalue weighted by Crippen LogP contribution is -2.40. The van der Waals surface area contributed by atoms with Gasteiger partial charge in [0.25, 0.3) is 0 Å². The average Bonchev–Trinajstić information content (AvgIpc) is 3.28. The quantitative estimate of drug-likeness (QED) is 0.318. The summed E-state index contributed by atoms with van der Waals surface area (Å²) in [4.78, 5) is 6.99. The first kappa shape index (κ1) is 24.5. The number of hydrogen-bond donors (Lipinski definition) is 2. The van der Waals surface area contributed by atoms with E-state index in [-0.39, 0.29) is 42.3 Å². The van der Waals surface area contributed by atoms with Crippen LogP contribution in [0.5, 0.6) is 0 Å². The highest BCUT2D eigenvalue weighted by molar-refractivity contribution is 14.0. The first-order valence-electron chi connectivity index (χ1n) is 10.1. The maximum absolute atomic E-state index is 12.4. The predicted molar refractivity (Wildman–Crippen MR) is 135 cm³/mol. The summed E-state index contributed by atoms with van der Waals surface area (Å²) in [5.41, 5.74) is 2.43. The van der Waals surface area contributed by atoms with Crippen molar-refractivity contribution in [1.82, 2.24) is 10.6 Å². The molecule has 2 aromatic carbocycles. The van der Waals surface area contributed by atoms with Crippen LogP contribution >= 0.6 is 24.0 Å². The minimum Gasteiger partial charge on any atom is -0.372 e. The first-order valence-corrected chi connectivity index (χ1v) is 11.7. The summed E-state index contributed by atoms with van der Waals surface area (Å²) in [5.74, 6) is 0.601. The van der Waals surface area contributed by atoms with E-state index >= 15 is 0 Å². The molecule has 1 heterocycles. The molecule has 1 atom stereocenters. The summed E-state index contributed by atoms with van der Waals surface area (Å²) in [6.45, 7) is 4.60. The van der Waals surface area contributed by atoms with Crippen LogP contribution in [0.3, 0.4) is 0 Å². The standard InChI is InChI=1S/C22H30N4O2S.HI/c1-18(19-9-8-10-20(17-19)26-14-6-7-15-26)25-22(23-2)24-13-16-29(27,28)21-11-4-3-5-12-21;/h3-5,8-12,17-18H,6-7,13-16H2,1-2H3,(H2,23,24,25);1H. The zero-order chi connectivity index (χ0) is 20.7. The fourth-order valence-corrected chi connectivity index (χ4v) is 4.68. The number of benzene rings is 2. The number of anilines is 1. The van der Waals surface area contributed by atoms with Crippen molar-refractivity contribution < 1.29 is 8.42 Å². The molecular formula is C22H31IN4O2S. The molecule has 1 fully saturated rings. The second-order valence-corrected chi connectivity index (χ2v) is 9.40. The normalized spacial score (nSPS) is 15.4. The molecule has 2 N–H and O–H groups in total. The lowest BCUT2D eigenvalue weighted by Gasteiger charge is -2.22. The van der Waals surface area contributed by atoms with Crippen molar-refractivity contribution in [2.45, 2.75) is 30.7 Å². The van der Waals surface area contributed by atoms with Crippen molar-refractivity contribution in [2.75, 3.05) is 37.3 Å². The van der Waals surface area contributed by atoms with Gasteiger partial charge in [-0.1, -0.05) is 30.3 Å². The van der Waals surface area contributed by atoms with Gasteiger partial charge in [-0.05, 0) is 49.6 Å². The van der Waals surface area contributed by atoms with E-state index < -0.39 is 9.84 Å². The third-order valence-corrected chi connectivity index (χ3v) is 6.92. The Morgan fingerprint density at radius 1 is 1.10 bits per heavy atom. The van der Waals surface area contributed by atoms with Crippen molar-refractivity contribution >= 4 is 45.5 Å². The second kappa shape index (κ2) is 11.5. The highest BCUT2D eigenvalue weighted by Gasteiger charge is 2.16. The van der Waals surface area contributed by atoms with E-state index in [1.54, 1.807) is 31.3 Å². The van der Waals surface area contributed by atoms with Crippen molar-refractivity contribution in [3.05, 3.63) is 60.2 Å². The monoisotopic (exact) mass is 542 g/mol. The Balaban J connectivity index is 0.00000320. The maximum Gasteiger partial charge on any atom is 0.191 e. The molecule has 0 aliphatic carbocycles. The van der Waals surface area contributed by atoms with Crippen LogP contribution in [-0.2, 0) is 9.84 Å². The molecule has 3 rings (SSSR count). The molecule has 0 amide bonds. The highest BCUT2D eigenvalue weighted by Crippen LogP contribution is 2.23. The summed E-state index contributed by atoms with van der Waals surface area (Å²) in [7, 11) is -1.62. The molecule has 1 unspecified atom stereocenters. The molecule has 164 valence electrons. The molecule has 1 saturated heterocycles. The van der Waals surface area contributed by atoms with Crippen LogP contribution < -0.4 is 15.5 Å². The Kier molecular flexibility index (Phi) is 9.41. The third-order valence-electron chi connectivity index (χ3n) is 5.18. The van der Waals surface area contributed by atoms with Crippen LogP contribution in [0.2, 0.25) is 0 Å². The van der Waals surface area contributed by atoms with Gasteiger partial charge in [0, 0.05) is 32.4 Å². The van der Waals surface area contributed by atoms with Crippen LogP contribution in [0.15, 0.2) is 64.5 Å². The van der Waals surface area contributed by atoms with Crippen LogP contribution in [-0.4, -0.2) is 46.8 Å². The summed E-state index contributed by atoms with van der Waals surface area (Å²) in [6, 6.07) is 17.1. The van der Waals surface area contributed by atoms with Crippen molar-refractivity contribution in [1.29, 1.82) is 0 Å². The Labute approximate surface area is 197 Å². The lowest BCUT2D eigenvalue weighted by molar-refractivity contribution is 0.594. The number of sulfone groups is 1. The smallest absolute Gasteiger partial charge is 0.191 e. The molecule has 30 heavy (non-hydrogen) atoms. The van der Waals surface area contributed by atoms with Crippen LogP contribution in [0.4, 0.5) is 5.69 Å². The number of rotatable bonds is 7.